The Hall–Kier alpha value is -3.41. The van der Waals surface area contributed by atoms with Crippen LogP contribution in [0, 0.1) is 0 Å². The first kappa shape index (κ1) is 17.0. The van der Waals surface area contributed by atoms with Gasteiger partial charge < -0.3 is 15.4 Å². The van der Waals surface area contributed by atoms with E-state index in [0.29, 0.717) is 17.9 Å². The maximum Gasteiger partial charge on any atom is 0.273 e. The molecule has 6 nitrogen and oxygen atoms in total. The number of nitrogens with two attached hydrogens (primary N) is 1. The van der Waals surface area contributed by atoms with E-state index in [-0.39, 0.29) is 18.6 Å². The summed E-state index contributed by atoms with van der Waals surface area (Å²) in [6, 6.07) is 19.7. The Labute approximate surface area is 156 Å². The molecule has 0 bridgehead atoms. The van der Waals surface area contributed by atoms with Crippen molar-refractivity contribution in [2.24, 2.45) is 5.73 Å². The molecule has 1 aliphatic rings. The molecule has 1 fully saturated rings. The Bertz CT molecular complexity index is 990. The minimum Gasteiger partial charge on any atom is -0.488 e. The number of rotatable bonds is 4. The number of carbonyl (C=O) groups is 2. The molecule has 0 aliphatic carbocycles. The number of nitrogens with zero attached hydrogens (tertiary/aromatic N) is 2. The zero-order chi connectivity index (χ0) is 18.8. The summed E-state index contributed by atoms with van der Waals surface area (Å²) in [5.41, 5.74) is 6.57. The van der Waals surface area contributed by atoms with Crippen LogP contribution in [0.5, 0.6) is 5.75 Å². The summed E-state index contributed by atoms with van der Waals surface area (Å²) >= 11 is 0. The van der Waals surface area contributed by atoms with Crippen molar-refractivity contribution < 1.29 is 14.3 Å². The smallest absolute Gasteiger partial charge is 0.273 e. The van der Waals surface area contributed by atoms with Crippen LogP contribution in [0.3, 0.4) is 0 Å². The van der Waals surface area contributed by atoms with Crippen molar-refractivity contribution in [1.82, 2.24) is 9.88 Å². The number of aromatic nitrogens is 1. The standard InChI is InChI=1S/C21H19N3O3/c22-20(25)19-12-16(27-15-7-2-1-3-8-15)13-24(19)21(26)18-11-10-14-6-4-5-9-17(14)23-18/h1-11,16,19H,12-13H2,(H2,22,25). The van der Waals surface area contributed by atoms with Crippen molar-refractivity contribution in [1.29, 1.82) is 0 Å². The van der Waals surface area contributed by atoms with Crippen molar-refractivity contribution in [3.05, 3.63) is 72.4 Å². The molecule has 3 aromatic rings. The first-order valence-corrected chi connectivity index (χ1v) is 8.79. The quantitative estimate of drug-likeness (QED) is 0.773. The molecule has 136 valence electrons. The molecule has 1 aliphatic heterocycles. The molecule has 2 heterocycles. The van der Waals surface area contributed by atoms with Crippen LogP contribution in [-0.4, -0.2) is 40.4 Å². The Morgan fingerprint density at radius 2 is 1.74 bits per heavy atom. The van der Waals surface area contributed by atoms with E-state index in [1.807, 2.05) is 60.7 Å². The Morgan fingerprint density at radius 1 is 1.00 bits per heavy atom. The zero-order valence-corrected chi connectivity index (χ0v) is 14.6. The van der Waals surface area contributed by atoms with Crippen LogP contribution < -0.4 is 10.5 Å². The van der Waals surface area contributed by atoms with Gasteiger partial charge in [-0.15, -0.1) is 0 Å². The predicted molar refractivity (Wildman–Crippen MR) is 101 cm³/mol. The molecule has 0 saturated carbocycles. The van der Waals surface area contributed by atoms with Gasteiger partial charge in [-0.05, 0) is 24.3 Å². The van der Waals surface area contributed by atoms with E-state index >= 15 is 0 Å². The summed E-state index contributed by atoms with van der Waals surface area (Å²) in [6.45, 7) is 0.288. The van der Waals surface area contributed by atoms with Gasteiger partial charge in [-0.25, -0.2) is 4.98 Å². The normalized spacial score (nSPS) is 19.2. The number of likely N-dealkylation sites (tertiary alicyclic amines) is 1. The van der Waals surface area contributed by atoms with Gasteiger partial charge in [0.1, 0.15) is 23.6 Å². The lowest BCUT2D eigenvalue weighted by Crippen LogP contribution is -2.44. The van der Waals surface area contributed by atoms with E-state index < -0.39 is 11.9 Å². The molecule has 1 saturated heterocycles. The van der Waals surface area contributed by atoms with E-state index in [2.05, 4.69) is 4.98 Å². The Kier molecular flexibility index (Phi) is 4.46. The third kappa shape index (κ3) is 3.46. The molecule has 0 spiro atoms. The number of fused-ring (bicyclic) bond motifs is 1. The van der Waals surface area contributed by atoms with E-state index in [4.69, 9.17) is 10.5 Å². The highest BCUT2D eigenvalue weighted by molar-refractivity contribution is 5.98. The fraction of sp³-hybridized carbons (Fsp3) is 0.190. The van der Waals surface area contributed by atoms with Gasteiger partial charge in [-0.1, -0.05) is 42.5 Å². The third-order valence-electron chi connectivity index (χ3n) is 4.72. The predicted octanol–water partition coefficient (Wildman–Crippen LogP) is 2.38. The van der Waals surface area contributed by atoms with Crippen LogP contribution in [0.15, 0.2) is 66.7 Å². The lowest BCUT2D eigenvalue weighted by Gasteiger charge is -2.21. The van der Waals surface area contributed by atoms with Crippen LogP contribution in [0.25, 0.3) is 10.9 Å². The van der Waals surface area contributed by atoms with Gasteiger partial charge in [0.15, 0.2) is 0 Å². The zero-order valence-electron chi connectivity index (χ0n) is 14.6. The molecule has 1 aromatic heterocycles. The molecule has 0 radical (unpaired) electrons. The van der Waals surface area contributed by atoms with Crippen LogP contribution in [0.2, 0.25) is 0 Å². The minimum atomic E-state index is -0.709. The minimum absolute atomic E-state index is 0.288. The average Bonchev–Trinajstić information content (AvgIpc) is 3.12. The van der Waals surface area contributed by atoms with Gasteiger partial charge in [0.05, 0.1) is 12.1 Å². The molecule has 27 heavy (non-hydrogen) atoms. The highest BCUT2D eigenvalue weighted by Crippen LogP contribution is 2.25. The summed E-state index contributed by atoms with van der Waals surface area (Å²) < 4.78 is 5.92. The van der Waals surface area contributed by atoms with Crippen molar-refractivity contribution >= 4 is 22.7 Å². The second-order valence-electron chi connectivity index (χ2n) is 6.55. The van der Waals surface area contributed by atoms with Crippen molar-refractivity contribution in [2.75, 3.05) is 6.54 Å². The number of para-hydroxylation sites is 2. The number of amides is 2. The molecule has 4 rings (SSSR count). The molecule has 2 N–H and O–H groups in total. The molecule has 2 unspecified atom stereocenters. The average molecular weight is 361 g/mol. The first-order chi connectivity index (χ1) is 13.1. The Morgan fingerprint density at radius 3 is 2.52 bits per heavy atom. The van der Waals surface area contributed by atoms with E-state index in [9.17, 15) is 9.59 Å². The topological polar surface area (TPSA) is 85.5 Å². The lowest BCUT2D eigenvalue weighted by molar-refractivity contribution is -0.121. The van der Waals surface area contributed by atoms with Crippen molar-refractivity contribution in [3.63, 3.8) is 0 Å². The first-order valence-electron chi connectivity index (χ1n) is 8.79. The highest BCUT2D eigenvalue weighted by Gasteiger charge is 2.40. The number of hydrogen-bond acceptors (Lipinski definition) is 4. The molecular weight excluding hydrogens is 342 g/mol. The third-order valence-corrected chi connectivity index (χ3v) is 4.72. The highest BCUT2D eigenvalue weighted by atomic mass is 16.5. The number of hydrogen-bond donors (Lipinski definition) is 1. The summed E-state index contributed by atoms with van der Waals surface area (Å²) in [7, 11) is 0. The summed E-state index contributed by atoms with van der Waals surface area (Å²) in [6.07, 6.45) is 0.0677. The van der Waals surface area contributed by atoms with Crippen molar-refractivity contribution in [2.45, 2.75) is 18.6 Å². The molecule has 2 amide bonds. The van der Waals surface area contributed by atoms with Gasteiger partial charge >= 0.3 is 0 Å². The maximum absolute atomic E-state index is 13.0. The summed E-state index contributed by atoms with van der Waals surface area (Å²) in [4.78, 5) is 30.8. The van der Waals surface area contributed by atoms with Crippen molar-refractivity contribution in [3.8, 4) is 5.75 Å². The lowest BCUT2D eigenvalue weighted by atomic mass is 10.1. The summed E-state index contributed by atoms with van der Waals surface area (Å²) in [5, 5.41) is 0.951. The second-order valence-corrected chi connectivity index (χ2v) is 6.55. The second kappa shape index (κ2) is 7.07. The SMILES string of the molecule is NC(=O)C1CC(Oc2ccccc2)CN1C(=O)c1ccc2ccccc2n1. The van der Waals surface area contributed by atoms with E-state index in [1.54, 1.807) is 6.07 Å². The fourth-order valence-corrected chi connectivity index (χ4v) is 3.40. The molecular formula is C21H19N3O3. The van der Waals surface area contributed by atoms with E-state index in [1.165, 1.54) is 4.90 Å². The van der Waals surface area contributed by atoms with Crippen LogP contribution >= 0.6 is 0 Å². The number of carbonyl (C=O) groups excluding carboxylic acids is 2. The monoisotopic (exact) mass is 361 g/mol. The Balaban J connectivity index is 1.57. The van der Waals surface area contributed by atoms with Crippen LogP contribution in [0.4, 0.5) is 0 Å². The van der Waals surface area contributed by atoms with Gasteiger partial charge in [0.2, 0.25) is 5.91 Å². The summed E-state index contributed by atoms with van der Waals surface area (Å²) in [5.74, 6) is -0.157. The van der Waals surface area contributed by atoms with E-state index in [0.717, 1.165) is 10.9 Å². The van der Waals surface area contributed by atoms with Gasteiger partial charge in [-0.2, -0.15) is 0 Å². The largest absolute Gasteiger partial charge is 0.488 e. The fourth-order valence-electron chi connectivity index (χ4n) is 3.40. The number of pyridine rings is 1. The number of benzene rings is 2. The number of primary amides is 1. The van der Waals surface area contributed by atoms with Gasteiger partial charge in [0, 0.05) is 11.8 Å². The number of ether oxygens (including phenoxy) is 1. The van der Waals surface area contributed by atoms with Gasteiger partial charge in [0.25, 0.3) is 5.91 Å². The van der Waals surface area contributed by atoms with Crippen LogP contribution in [-0.2, 0) is 4.79 Å². The maximum atomic E-state index is 13.0. The molecule has 6 heteroatoms. The molecule has 2 aromatic carbocycles. The molecule has 2 atom stereocenters. The van der Waals surface area contributed by atoms with Gasteiger partial charge in [-0.3, -0.25) is 9.59 Å². The van der Waals surface area contributed by atoms with Crippen LogP contribution in [0.1, 0.15) is 16.9 Å².